The van der Waals surface area contributed by atoms with Gasteiger partial charge in [-0.15, -0.1) is 30.4 Å². The maximum Gasteiger partial charge on any atom is 0.188 e. The van der Waals surface area contributed by atoms with E-state index in [9.17, 15) is 0 Å². The molecular weight excluding hydrogens is 377 g/mol. The first-order chi connectivity index (χ1) is 9.61. The number of halogens is 1. The van der Waals surface area contributed by atoms with Crippen molar-refractivity contribution in [3.05, 3.63) is 29.8 Å². The average Bonchev–Trinajstić information content (AvgIpc) is 2.44. The number of rotatable bonds is 7. The maximum absolute atomic E-state index is 5.77. The van der Waals surface area contributed by atoms with E-state index in [1.165, 1.54) is 5.56 Å². The van der Waals surface area contributed by atoms with Gasteiger partial charge in [-0.05, 0) is 30.0 Å². The Balaban J connectivity index is 0.00000400. The first-order valence-corrected chi connectivity index (χ1v) is 6.80. The quantitative estimate of drug-likeness (QED) is 0.319. The fraction of sp³-hybridized carbons (Fsp3) is 0.438. The number of terminal acetylenes is 1. The largest absolute Gasteiger partial charge is 0.481 e. The Kier molecular flexibility index (Phi) is 10.5. The lowest BCUT2D eigenvalue weighted by atomic mass is 10.1. The molecule has 0 unspecified atom stereocenters. The summed E-state index contributed by atoms with van der Waals surface area (Å²) in [5.41, 5.74) is 6.98. The van der Waals surface area contributed by atoms with E-state index < -0.39 is 0 Å². The van der Waals surface area contributed by atoms with E-state index in [0.29, 0.717) is 18.5 Å². The maximum atomic E-state index is 5.77. The summed E-state index contributed by atoms with van der Waals surface area (Å²) in [6.07, 6.45) is 6.02. The van der Waals surface area contributed by atoms with Crippen molar-refractivity contribution in [2.24, 2.45) is 16.6 Å². The summed E-state index contributed by atoms with van der Waals surface area (Å²) < 4.78 is 5.32. The van der Waals surface area contributed by atoms with Crippen LogP contribution in [0, 0.1) is 18.3 Å². The van der Waals surface area contributed by atoms with E-state index in [2.05, 4.69) is 30.1 Å². The molecule has 116 valence electrons. The van der Waals surface area contributed by atoms with Crippen molar-refractivity contribution in [1.29, 1.82) is 0 Å². The molecule has 0 amide bonds. The molecule has 0 atom stereocenters. The van der Waals surface area contributed by atoms with Crippen LogP contribution in [-0.4, -0.2) is 25.7 Å². The molecule has 4 nitrogen and oxygen atoms in total. The molecule has 0 aliphatic carbocycles. The molecule has 0 radical (unpaired) electrons. The first kappa shape index (κ1) is 19.6. The van der Waals surface area contributed by atoms with Crippen molar-refractivity contribution in [3.63, 3.8) is 0 Å². The van der Waals surface area contributed by atoms with Gasteiger partial charge in [0, 0.05) is 13.1 Å². The molecule has 0 fully saturated rings. The van der Waals surface area contributed by atoms with Gasteiger partial charge in [0.05, 0.1) is 0 Å². The van der Waals surface area contributed by atoms with Crippen LogP contribution in [0.2, 0.25) is 0 Å². The minimum atomic E-state index is 0. The van der Waals surface area contributed by atoms with Crippen LogP contribution in [0.1, 0.15) is 19.4 Å². The smallest absolute Gasteiger partial charge is 0.188 e. The van der Waals surface area contributed by atoms with Crippen LogP contribution in [0.4, 0.5) is 0 Å². The Bertz CT molecular complexity index is 463. The second-order valence-corrected chi connectivity index (χ2v) is 4.93. The van der Waals surface area contributed by atoms with Crippen molar-refractivity contribution in [3.8, 4) is 18.1 Å². The van der Waals surface area contributed by atoms with E-state index in [0.717, 1.165) is 25.3 Å². The summed E-state index contributed by atoms with van der Waals surface area (Å²) in [5, 5.41) is 3.11. The van der Waals surface area contributed by atoms with Crippen LogP contribution in [0.25, 0.3) is 0 Å². The third kappa shape index (κ3) is 9.19. The fourth-order valence-corrected chi connectivity index (χ4v) is 1.55. The van der Waals surface area contributed by atoms with Crippen molar-refractivity contribution in [2.45, 2.75) is 20.3 Å². The van der Waals surface area contributed by atoms with E-state index in [1.54, 1.807) is 0 Å². The molecule has 1 aromatic carbocycles. The molecular formula is C16H24IN3O. The lowest BCUT2D eigenvalue weighted by molar-refractivity contribution is 0.370. The number of hydrogen-bond donors (Lipinski definition) is 2. The van der Waals surface area contributed by atoms with Crippen molar-refractivity contribution < 1.29 is 4.74 Å². The number of aliphatic imine (C=N–C) groups is 1. The van der Waals surface area contributed by atoms with Gasteiger partial charge < -0.3 is 15.8 Å². The van der Waals surface area contributed by atoms with Gasteiger partial charge in [0.1, 0.15) is 12.4 Å². The van der Waals surface area contributed by atoms with Gasteiger partial charge in [-0.1, -0.05) is 31.9 Å². The summed E-state index contributed by atoms with van der Waals surface area (Å²) in [5.74, 6) is 4.25. The molecule has 0 saturated carbocycles. The molecule has 1 rings (SSSR count). The zero-order valence-corrected chi connectivity index (χ0v) is 15.0. The molecule has 5 heteroatoms. The van der Waals surface area contributed by atoms with Crippen LogP contribution in [-0.2, 0) is 6.42 Å². The van der Waals surface area contributed by atoms with Gasteiger partial charge in [0.15, 0.2) is 5.96 Å². The summed E-state index contributed by atoms with van der Waals surface area (Å²) in [6, 6.07) is 7.88. The average molecular weight is 401 g/mol. The number of hydrogen-bond acceptors (Lipinski definition) is 2. The van der Waals surface area contributed by atoms with Crippen LogP contribution in [0.15, 0.2) is 29.3 Å². The molecule has 0 aromatic heterocycles. The Morgan fingerprint density at radius 3 is 2.62 bits per heavy atom. The van der Waals surface area contributed by atoms with Gasteiger partial charge >= 0.3 is 0 Å². The van der Waals surface area contributed by atoms with Crippen molar-refractivity contribution in [2.75, 3.05) is 19.7 Å². The third-order valence-electron chi connectivity index (χ3n) is 2.59. The van der Waals surface area contributed by atoms with Crippen molar-refractivity contribution >= 4 is 29.9 Å². The Morgan fingerprint density at radius 1 is 1.38 bits per heavy atom. The van der Waals surface area contributed by atoms with Crippen LogP contribution >= 0.6 is 24.0 Å². The molecule has 3 N–H and O–H groups in total. The van der Waals surface area contributed by atoms with Crippen LogP contribution in [0.3, 0.4) is 0 Å². The Labute approximate surface area is 144 Å². The van der Waals surface area contributed by atoms with E-state index in [-0.39, 0.29) is 24.0 Å². The fourth-order valence-electron chi connectivity index (χ4n) is 1.55. The molecule has 21 heavy (non-hydrogen) atoms. The predicted molar refractivity (Wildman–Crippen MR) is 99.2 cm³/mol. The lowest BCUT2D eigenvalue weighted by Gasteiger charge is -2.07. The molecule has 0 aliphatic rings. The van der Waals surface area contributed by atoms with Crippen LogP contribution < -0.4 is 15.8 Å². The number of nitrogens with zero attached hydrogens (tertiary/aromatic N) is 1. The highest BCUT2D eigenvalue weighted by Gasteiger charge is 1.97. The van der Waals surface area contributed by atoms with Gasteiger partial charge in [0.2, 0.25) is 0 Å². The number of nitrogens with one attached hydrogen (secondary N) is 1. The van der Waals surface area contributed by atoms with Gasteiger partial charge in [-0.25, -0.2) is 0 Å². The highest BCUT2D eigenvalue weighted by Crippen LogP contribution is 2.12. The number of ether oxygens (including phenoxy) is 1. The van der Waals surface area contributed by atoms with Crippen LogP contribution in [0.5, 0.6) is 5.75 Å². The second kappa shape index (κ2) is 11.3. The highest BCUT2D eigenvalue weighted by molar-refractivity contribution is 14.0. The normalized spacial score (nSPS) is 10.7. The number of nitrogens with two attached hydrogens (primary N) is 1. The zero-order valence-electron chi connectivity index (χ0n) is 12.6. The summed E-state index contributed by atoms with van der Waals surface area (Å²) in [6.45, 7) is 6.03. The van der Waals surface area contributed by atoms with E-state index >= 15 is 0 Å². The highest BCUT2D eigenvalue weighted by atomic mass is 127. The molecule has 0 spiro atoms. The Hall–Kier alpha value is -1.42. The van der Waals surface area contributed by atoms with Gasteiger partial charge in [0.25, 0.3) is 0 Å². The van der Waals surface area contributed by atoms with Crippen molar-refractivity contribution in [1.82, 2.24) is 5.32 Å². The summed E-state index contributed by atoms with van der Waals surface area (Å²) in [4.78, 5) is 4.25. The minimum absolute atomic E-state index is 0. The zero-order chi connectivity index (χ0) is 14.8. The number of benzene rings is 1. The summed E-state index contributed by atoms with van der Waals surface area (Å²) >= 11 is 0. The molecule has 0 bridgehead atoms. The van der Waals surface area contributed by atoms with Gasteiger partial charge in [-0.3, -0.25) is 4.99 Å². The summed E-state index contributed by atoms with van der Waals surface area (Å²) in [7, 11) is 0. The van der Waals surface area contributed by atoms with E-state index in [1.807, 2.05) is 24.3 Å². The SMILES string of the molecule is C#CCOc1ccc(CCNC(N)=NCC(C)C)cc1.I. The third-order valence-corrected chi connectivity index (χ3v) is 2.59. The topological polar surface area (TPSA) is 59.6 Å². The molecule has 0 heterocycles. The van der Waals surface area contributed by atoms with Gasteiger partial charge in [-0.2, -0.15) is 0 Å². The minimum Gasteiger partial charge on any atom is -0.481 e. The lowest BCUT2D eigenvalue weighted by Crippen LogP contribution is -2.33. The molecule has 0 aliphatic heterocycles. The monoisotopic (exact) mass is 401 g/mol. The standard InChI is InChI=1S/C16H23N3O.HI/c1-4-11-20-15-7-5-14(6-8-15)9-10-18-16(17)19-12-13(2)3;/h1,5-8,13H,9-12H2,2-3H3,(H3,17,18,19);1H. The van der Waals surface area contributed by atoms with E-state index in [4.69, 9.17) is 16.9 Å². The molecule has 1 aromatic rings. The Morgan fingerprint density at radius 2 is 2.05 bits per heavy atom. The first-order valence-electron chi connectivity index (χ1n) is 6.80. The molecule has 0 saturated heterocycles. The second-order valence-electron chi connectivity index (χ2n) is 4.93. The number of guanidine groups is 1. The predicted octanol–water partition coefficient (Wildman–Crippen LogP) is 2.42.